The summed E-state index contributed by atoms with van der Waals surface area (Å²) < 4.78 is 0. The molecule has 2 aromatic rings. The third-order valence-electron chi connectivity index (χ3n) is 5.16. The summed E-state index contributed by atoms with van der Waals surface area (Å²) in [6.45, 7) is 14.3. The molecule has 1 unspecified atom stereocenters. The van der Waals surface area contributed by atoms with E-state index in [9.17, 15) is 0 Å². The van der Waals surface area contributed by atoms with E-state index in [4.69, 9.17) is 4.98 Å². The maximum absolute atomic E-state index is 4.70. The third kappa shape index (κ3) is 4.43. The van der Waals surface area contributed by atoms with Crippen LogP contribution in [-0.4, -0.2) is 11.2 Å². The van der Waals surface area contributed by atoms with Crippen LogP contribution in [0.4, 0.5) is 5.69 Å². The van der Waals surface area contributed by atoms with E-state index < -0.39 is 0 Å². The van der Waals surface area contributed by atoms with Gasteiger partial charge in [-0.3, -0.25) is 9.98 Å². The second kappa shape index (κ2) is 9.29. The van der Waals surface area contributed by atoms with Crippen molar-refractivity contribution in [1.29, 1.82) is 0 Å². The fourth-order valence-corrected chi connectivity index (χ4v) is 3.48. The molecule has 1 atom stereocenters. The lowest BCUT2D eigenvalue weighted by Gasteiger charge is -2.16. The Balaban J connectivity index is 2.15. The molecule has 0 spiro atoms. The van der Waals surface area contributed by atoms with Crippen molar-refractivity contribution in [2.24, 2.45) is 10.9 Å². The highest BCUT2D eigenvalue weighted by Crippen LogP contribution is 2.38. The van der Waals surface area contributed by atoms with E-state index in [1.165, 1.54) is 11.1 Å². The van der Waals surface area contributed by atoms with E-state index in [0.29, 0.717) is 5.92 Å². The van der Waals surface area contributed by atoms with Crippen LogP contribution >= 0.6 is 0 Å². The predicted molar refractivity (Wildman–Crippen MR) is 129 cm³/mol. The molecule has 2 nitrogen and oxygen atoms in total. The lowest BCUT2D eigenvalue weighted by atomic mass is 9.91. The van der Waals surface area contributed by atoms with Crippen LogP contribution in [0.5, 0.6) is 0 Å². The normalized spacial score (nSPS) is 17.3. The SMILES string of the molecule is C=C/C=C\C=C(/C)C(=C)c1ccc2c(C3=CCC(C)C=C3)ccnc2c1/N=C\C. The minimum Gasteiger partial charge on any atom is -0.259 e. The highest BCUT2D eigenvalue weighted by atomic mass is 14.8. The first-order valence-corrected chi connectivity index (χ1v) is 10.0. The van der Waals surface area contributed by atoms with Gasteiger partial charge in [0.25, 0.3) is 0 Å². The van der Waals surface area contributed by atoms with Crippen LogP contribution in [0, 0.1) is 5.92 Å². The zero-order valence-corrected chi connectivity index (χ0v) is 17.5. The van der Waals surface area contributed by atoms with E-state index >= 15 is 0 Å². The van der Waals surface area contributed by atoms with Crippen molar-refractivity contribution in [2.45, 2.75) is 27.2 Å². The summed E-state index contributed by atoms with van der Waals surface area (Å²) in [6.07, 6.45) is 19.2. The molecule has 3 rings (SSSR count). The van der Waals surface area contributed by atoms with Crippen molar-refractivity contribution in [3.63, 3.8) is 0 Å². The Morgan fingerprint density at radius 1 is 1.24 bits per heavy atom. The number of aromatic nitrogens is 1. The molecule has 0 saturated heterocycles. The van der Waals surface area contributed by atoms with Gasteiger partial charge >= 0.3 is 0 Å². The molecule has 1 aliphatic carbocycles. The summed E-state index contributed by atoms with van der Waals surface area (Å²) in [5.74, 6) is 0.590. The smallest absolute Gasteiger partial charge is 0.0970 e. The predicted octanol–water partition coefficient (Wildman–Crippen LogP) is 7.64. The molecular weight excluding hydrogens is 352 g/mol. The van der Waals surface area contributed by atoms with Gasteiger partial charge in [0.1, 0.15) is 0 Å². The largest absolute Gasteiger partial charge is 0.259 e. The Morgan fingerprint density at radius 2 is 2.07 bits per heavy atom. The maximum Gasteiger partial charge on any atom is 0.0970 e. The topological polar surface area (TPSA) is 25.2 Å². The number of hydrogen-bond acceptors (Lipinski definition) is 2. The van der Waals surface area contributed by atoms with Crippen molar-refractivity contribution in [2.75, 3.05) is 0 Å². The van der Waals surface area contributed by atoms with Gasteiger partial charge in [0.05, 0.1) is 11.2 Å². The van der Waals surface area contributed by atoms with Crippen molar-refractivity contribution in [3.8, 4) is 0 Å². The van der Waals surface area contributed by atoms with Gasteiger partial charge in [0.15, 0.2) is 0 Å². The summed E-state index contributed by atoms with van der Waals surface area (Å²) in [7, 11) is 0. The average Bonchev–Trinajstić information content (AvgIpc) is 2.74. The fraction of sp³-hybridized carbons (Fsp3) is 0.185. The molecule has 29 heavy (non-hydrogen) atoms. The van der Waals surface area contributed by atoms with Gasteiger partial charge in [-0.15, -0.1) is 0 Å². The number of rotatable bonds is 6. The first-order chi connectivity index (χ1) is 14.1. The Kier molecular flexibility index (Phi) is 6.56. The van der Waals surface area contributed by atoms with Crippen LogP contribution in [-0.2, 0) is 0 Å². The zero-order chi connectivity index (χ0) is 20.8. The van der Waals surface area contributed by atoms with Gasteiger partial charge in [-0.25, -0.2) is 0 Å². The summed E-state index contributed by atoms with van der Waals surface area (Å²) in [5, 5.41) is 1.11. The fourth-order valence-electron chi connectivity index (χ4n) is 3.48. The Morgan fingerprint density at radius 3 is 2.76 bits per heavy atom. The zero-order valence-electron chi connectivity index (χ0n) is 17.5. The Labute approximate surface area is 174 Å². The van der Waals surface area contributed by atoms with Gasteiger partial charge in [-0.05, 0) is 54.5 Å². The van der Waals surface area contributed by atoms with E-state index in [1.807, 2.05) is 37.6 Å². The minimum atomic E-state index is 0.590. The van der Waals surface area contributed by atoms with E-state index in [2.05, 4.69) is 68.4 Å². The number of benzene rings is 1. The molecular formula is C27H28N2. The number of aliphatic imine (C=N–C) groups is 1. The van der Waals surface area contributed by atoms with E-state index in [0.717, 1.165) is 39.7 Å². The molecule has 0 fully saturated rings. The molecule has 1 aromatic heterocycles. The van der Waals surface area contributed by atoms with E-state index in [-0.39, 0.29) is 0 Å². The van der Waals surface area contributed by atoms with Crippen LogP contribution in [0.3, 0.4) is 0 Å². The van der Waals surface area contributed by atoms with Crippen molar-refractivity contribution in [1.82, 2.24) is 4.98 Å². The highest BCUT2D eigenvalue weighted by molar-refractivity contribution is 6.03. The number of fused-ring (bicyclic) bond motifs is 1. The van der Waals surface area contributed by atoms with Crippen LogP contribution in [0.15, 0.2) is 90.7 Å². The molecule has 0 radical (unpaired) electrons. The molecule has 0 N–H and O–H groups in total. The van der Waals surface area contributed by atoms with Gasteiger partial charge in [0.2, 0.25) is 0 Å². The average molecular weight is 381 g/mol. The number of hydrogen-bond donors (Lipinski definition) is 0. The van der Waals surface area contributed by atoms with Crippen molar-refractivity contribution < 1.29 is 0 Å². The molecule has 2 heteroatoms. The molecule has 0 bridgehead atoms. The first kappa shape index (κ1) is 20.5. The summed E-state index contributed by atoms with van der Waals surface area (Å²) in [4.78, 5) is 9.38. The molecule has 0 amide bonds. The number of nitrogens with zero attached hydrogens (tertiary/aromatic N) is 2. The third-order valence-corrected chi connectivity index (χ3v) is 5.16. The van der Waals surface area contributed by atoms with Gasteiger partial charge in [-0.1, -0.05) is 74.7 Å². The van der Waals surface area contributed by atoms with Gasteiger partial charge in [-0.2, -0.15) is 0 Å². The van der Waals surface area contributed by atoms with Crippen LogP contribution in [0.2, 0.25) is 0 Å². The molecule has 0 saturated carbocycles. The molecule has 1 aromatic carbocycles. The highest BCUT2D eigenvalue weighted by Gasteiger charge is 2.15. The van der Waals surface area contributed by atoms with Crippen molar-refractivity contribution >= 4 is 34.0 Å². The molecule has 1 aliphatic rings. The van der Waals surface area contributed by atoms with E-state index in [1.54, 1.807) is 6.08 Å². The van der Waals surface area contributed by atoms with Gasteiger partial charge in [0, 0.05) is 23.4 Å². The maximum atomic E-state index is 4.70. The summed E-state index contributed by atoms with van der Waals surface area (Å²) in [5.41, 5.74) is 7.25. The van der Waals surface area contributed by atoms with Gasteiger partial charge < -0.3 is 0 Å². The van der Waals surface area contributed by atoms with Crippen molar-refractivity contribution in [3.05, 3.63) is 96.8 Å². The molecule has 1 heterocycles. The quantitative estimate of drug-likeness (QED) is 0.373. The molecule has 0 aliphatic heterocycles. The number of allylic oxidation sites excluding steroid dienone is 10. The summed E-state index contributed by atoms with van der Waals surface area (Å²) in [6, 6.07) is 6.35. The standard InChI is InChI=1S/C27H28N2/c1-6-8-9-10-20(4)21(5)23-15-16-25-24(22-13-11-19(3)12-14-22)17-18-29-27(25)26(23)28-7-2/h6-11,13-19H,1,5,12H2,2-4H3/b9-8-,20-10+,28-7-. The Bertz CT molecular complexity index is 1090. The lowest BCUT2D eigenvalue weighted by molar-refractivity contribution is 0.739. The Hall–Kier alpha value is -3.26. The lowest BCUT2D eigenvalue weighted by Crippen LogP contribution is -1.96. The van der Waals surface area contributed by atoms with Crippen LogP contribution in [0.1, 0.15) is 38.3 Å². The second-order valence-corrected chi connectivity index (χ2v) is 7.28. The van der Waals surface area contributed by atoms with Crippen LogP contribution in [0.25, 0.3) is 22.0 Å². The monoisotopic (exact) mass is 380 g/mol. The first-order valence-electron chi connectivity index (χ1n) is 10.0. The number of pyridine rings is 1. The minimum absolute atomic E-state index is 0.590. The summed E-state index contributed by atoms with van der Waals surface area (Å²) >= 11 is 0. The van der Waals surface area contributed by atoms with Crippen LogP contribution < -0.4 is 0 Å². The second-order valence-electron chi connectivity index (χ2n) is 7.28. The molecule has 146 valence electrons.